The summed E-state index contributed by atoms with van der Waals surface area (Å²) in [5, 5.41) is 3.86. The van der Waals surface area contributed by atoms with Crippen molar-refractivity contribution in [1.82, 2.24) is 10.1 Å². The summed E-state index contributed by atoms with van der Waals surface area (Å²) in [7, 11) is 0. The second kappa shape index (κ2) is 3.66. The van der Waals surface area contributed by atoms with Gasteiger partial charge in [0.05, 0.1) is 12.2 Å². The summed E-state index contributed by atoms with van der Waals surface area (Å²) < 4.78 is 5.05. The lowest BCUT2D eigenvalue weighted by Gasteiger charge is -2.15. The average Bonchev–Trinajstić information content (AvgIpc) is 2.63. The third-order valence-corrected chi connectivity index (χ3v) is 2.77. The summed E-state index contributed by atoms with van der Waals surface area (Å²) in [6.07, 6.45) is 0.448. The SMILES string of the molecule is Cc1noc(C)c1CN1CC(N)CC1=O. The van der Waals surface area contributed by atoms with Gasteiger partial charge in [-0.05, 0) is 13.8 Å². The predicted octanol–water partition coefficient (Wildman–Crippen LogP) is 0.351. The number of rotatable bonds is 2. The van der Waals surface area contributed by atoms with Gasteiger partial charge >= 0.3 is 0 Å². The van der Waals surface area contributed by atoms with E-state index in [4.69, 9.17) is 10.3 Å². The van der Waals surface area contributed by atoms with Crippen LogP contribution in [0.5, 0.6) is 0 Å². The fourth-order valence-corrected chi connectivity index (χ4v) is 1.87. The predicted molar refractivity (Wildman–Crippen MR) is 54.0 cm³/mol. The molecule has 2 rings (SSSR count). The van der Waals surface area contributed by atoms with Crippen molar-refractivity contribution in [2.45, 2.75) is 32.9 Å². The second-order valence-electron chi connectivity index (χ2n) is 4.04. The van der Waals surface area contributed by atoms with Crippen LogP contribution in [0.2, 0.25) is 0 Å². The van der Waals surface area contributed by atoms with Crippen LogP contribution >= 0.6 is 0 Å². The fourth-order valence-electron chi connectivity index (χ4n) is 1.87. The van der Waals surface area contributed by atoms with Crippen LogP contribution in [0.3, 0.4) is 0 Å². The molecule has 1 fully saturated rings. The Morgan fingerprint density at radius 1 is 1.60 bits per heavy atom. The zero-order valence-electron chi connectivity index (χ0n) is 8.99. The Bertz CT molecular complexity index is 367. The van der Waals surface area contributed by atoms with E-state index >= 15 is 0 Å². The molecule has 15 heavy (non-hydrogen) atoms. The van der Waals surface area contributed by atoms with Crippen molar-refractivity contribution in [3.8, 4) is 0 Å². The topological polar surface area (TPSA) is 72.4 Å². The van der Waals surface area contributed by atoms with Crippen LogP contribution in [0.25, 0.3) is 0 Å². The van der Waals surface area contributed by atoms with Crippen LogP contribution in [0.4, 0.5) is 0 Å². The molecule has 1 atom stereocenters. The molecule has 0 radical (unpaired) electrons. The summed E-state index contributed by atoms with van der Waals surface area (Å²) in [5.41, 5.74) is 7.56. The number of nitrogens with two attached hydrogens (primary N) is 1. The Balaban J connectivity index is 2.12. The van der Waals surface area contributed by atoms with E-state index < -0.39 is 0 Å². The number of aromatic nitrogens is 1. The van der Waals surface area contributed by atoms with Gasteiger partial charge in [0.25, 0.3) is 0 Å². The molecule has 0 aliphatic carbocycles. The van der Waals surface area contributed by atoms with Crippen molar-refractivity contribution in [3.05, 3.63) is 17.0 Å². The Kier molecular flexibility index (Phi) is 2.48. The van der Waals surface area contributed by atoms with Crippen molar-refractivity contribution >= 4 is 5.91 Å². The molecule has 1 unspecified atom stereocenters. The van der Waals surface area contributed by atoms with Gasteiger partial charge in [-0.15, -0.1) is 0 Å². The minimum absolute atomic E-state index is 0.0297. The van der Waals surface area contributed by atoms with Crippen LogP contribution in [0.15, 0.2) is 4.52 Å². The van der Waals surface area contributed by atoms with Crippen molar-refractivity contribution in [2.24, 2.45) is 5.73 Å². The average molecular weight is 209 g/mol. The number of carbonyl (C=O) groups excluding carboxylic acids is 1. The van der Waals surface area contributed by atoms with Gasteiger partial charge < -0.3 is 15.2 Å². The third kappa shape index (κ3) is 1.87. The number of amides is 1. The van der Waals surface area contributed by atoms with E-state index in [0.29, 0.717) is 19.5 Å². The molecule has 2 N–H and O–H groups in total. The first-order valence-corrected chi connectivity index (χ1v) is 5.03. The molecule has 82 valence electrons. The molecule has 1 aliphatic rings. The normalized spacial score (nSPS) is 21.4. The van der Waals surface area contributed by atoms with E-state index in [1.165, 1.54) is 0 Å². The van der Waals surface area contributed by atoms with E-state index in [9.17, 15) is 4.79 Å². The number of hydrogen-bond acceptors (Lipinski definition) is 4. The highest BCUT2D eigenvalue weighted by atomic mass is 16.5. The quantitative estimate of drug-likeness (QED) is 0.762. The third-order valence-electron chi connectivity index (χ3n) is 2.77. The zero-order valence-corrected chi connectivity index (χ0v) is 8.99. The van der Waals surface area contributed by atoms with Crippen molar-refractivity contribution in [1.29, 1.82) is 0 Å². The number of aryl methyl sites for hydroxylation is 2. The van der Waals surface area contributed by atoms with Gasteiger partial charge in [-0.1, -0.05) is 5.16 Å². The van der Waals surface area contributed by atoms with Crippen LogP contribution in [0.1, 0.15) is 23.4 Å². The Labute approximate surface area is 88.2 Å². The standard InChI is InChI=1S/C10H15N3O2/c1-6-9(7(2)15-12-6)5-13-4-8(11)3-10(13)14/h8H,3-5,11H2,1-2H3. The van der Waals surface area contributed by atoms with E-state index in [0.717, 1.165) is 17.0 Å². The summed E-state index contributed by atoms with van der Waals surface area (Å²) in [5.74, 6) is 0.892. The summed E-state index contributed by atoms with van der Waals surface area (Å²) in [6, 6.07) is -0.0297. The molecule has 0 spiro atoms. The van der Waals surface area contributed by atoms with Gasteiger partial charge in [0, 0.05) is 24.6 Å². The molecule has 2 heterocycles. The maximum atomic E-state index is 11.5. The number of hydrogen-bond donors (Lipinski definition) is 1. The first-order valence-electron chi connectivity index (χ1n) is 5.03. The molecule has 1 aromatic heterocycles. The van der Waals surface area contributed by atoms with Crippen LogP contribution < -0.4 is 5.73 Å². The molecule has 5 heteroatoms. The Hall–Kier alpha value is -1.36. The van der Waals surface area contributed by atoms with Gasteiger partial charge in [-0.2, -0.15) is 0 Å². The van der Waals surface area contributed by atoms with Crippen LogP contribution in [-0.4, -0.2) is 28.6 Å². The van der Waals surface area contributed by atoms with Crippen molar-refractivity contribution < 1.29 is 9.32 Å². The van der Waals surface area contributed by atoms with Gasteiger partial charge in [-0.3, -0.25) is 4.79 Å². The van der Waals surface area contributed by atoms with Crippen molar-refractivity contribution in [3.63, 3.8) is 0 Å². The minimum Gasteiger partial charge on any atom is -0.361 e. The molecule has 5 nitrogen and oxygen atoms in total. The van der Waals surface area contributed by atoms with Crippen LogP contribution in [-0.2, 0) is 11.3 Å². The largest absolute Gasteiger partial charge is 0.361 e. The minimum atomic E-state index is -0.0297. The molecule has 0 bridgehead atoms. The number of nitrogens with zero attached hydrogens (tertiary/aromatic N) is 2. The highest BCUT2D eigenvalue weighted by Crippen LogP contribution is 2.18. The Morgan fingerprint density at radius 2 is 2.33 bits per heavy atom. The molecule has 0 saturated carbocycles. The van der Waals surface area contributed by atoms with E-state index in [1.54, 1.807) is 4.90 Å². The summed E-state index contributed by atoms with van der Waals surface area (Å²) in [6.45, 7) is 4.93. The Morgan fingerprint density at radius 3 is 2.80 bits per heavy atom. The van der Waals surface area contributed by atoms with Crippen LogP contribution in [0, 0.1) is 13.8 Å². The molecular formula is C10H15N3O2. The fraction of sp³-hybridized carbons (Fsp3) is 0.600. The van der Waals surface area contributed by atoms with Gasteiger partial charge in [0.15, 0.2) is 0 Å². The second-order valence-corrected chi connectivity index (χ2v) is 4.04. The van der Waals surface area contributed by atoms with Gasteiger partial charge in [0.1, 0.15) is 5.76 Å². The monoisotopic (exact) mass is 209 g/mol. The molecule has 1 aliphatic heterocycles. The maximum absolute atomic E-state index is 11.5. The number of carbonyl (C=O) groups is 1. The first kappa shape index (κ1) is 10.2. The lowest BCUT2D eigenvalue weighted by molar-refractivity contribution is -0.128. The molecule has 1 amide bonds. The molecule has 1 saturated heterocycles. The summed E-state index contributed by atoms with van der Waals surface area (Å²) in [4.78, 5) is 13.3. The highest BCUT2D eigenvalue weighted by Gasteiger charge is 2.28. The van der Waals surface area contributed by atoms with E-state index in [1.807, 2.05) is 13.8 Å². The molecule has 0 aromatic carbocycles. The molecular weight excluding hydrogens is 194 g/mol. The number of likely N-dealkylation sites (tertiary alicyclic amines) is 1. The van der Waals surface area contributed by atoms with E-state index in [-0.39, 0.29) is 11.9 Å². The lowest BCUT2D eigenvalue weighted by Crippen LogP contribution is -2.28. The summed E-state index contributed by atoms with van der Waals surface area (Å²) >= 11 is 0. The zero-order chi connectivity index (χ0) is 11.0. The van der Waals surface area contributed by atoms with Crippen molar-refractivity contribution in [2.75, 3.05) is 6.54 Å². The van der Waals surface area contributed by atoms with E-state index in [2.05, 4.69) is 5.16 Å². The smallest absolute Gasteiger partial charge is 0.224 e. The lowest BCUT2D eigenvalue weighted by atomic mass is 10.2. The van der Waals surface area contributed by atoms with Gasteiger partial charge in [-0.25, -0.2) is 0 Å². The maximum Gasteiger partial charge on any atom is 0.224 e. The first-order chi connectivity index (χ1) is 7.08. The molecule has 1 aromatic rings. The highest BCUT2D eigenvalue weighted by molar-refractivity contribution is 5.79. The van der Waals surface area contributed by atoms with Gasteiger partial charge in [0.2, 0.25) is 5.91 Å².